The molecule has 0 atom stereocenters. The zero-order valence-electron chi connectivity index (χ0n) is 24.6. The van der Waals surface area contributed by atoms with Crippen molar-refractivity contribution in [2.24, 2.45) is 0 Å². The van der Waals surface area contributed by atoms with Gasteiger partial charge in [0.15, 0.2) is 5.58 Å². The third-order valence-electron chi connectivity index (χ3n) is 8.47. The lowest BCUT2D eigenvalue weighted by molar-refractivity contribution is 0.620. The van der Waals surface area contributed by atoms with E-state index in [1.165, 1.54) is 5.39 Å². The molecule has 6 heteroatoms. The van der Waals surface area contributed by atoms with Gasteiger partial charge in [-0.25, -0.2) is 4.98 Å². The third-order valence-corrected chi connectivity index (χ3v) is 8.47. The highest BCUT2D eigenvalue weighted by atomic mass is 16.3. The van der Waals surface area contributed by atoms with Crippen molar-refractivity contribution in [1.29, 1.82) is 0 Å². The number of benzene rings is 4. The van der Waals surface area contributed by atoms with Crippen molar-refractivity contribution in [1.82, 2.24) is 24.5 Å². The normalized spacial score (nSPS) is 11.5. The first-order valence-electron chi connectivity index (χ1n) is 15.1. The van der Waals surface area contributed by atoms with E-state index in [4.69, 9.17) is 9.40 Å². The molecule has 5 aromatic heterocycles. The molecule has 0 unspecified atom stereocenters. The lowest BCUT2D eigenvalue weighted by atomic mass is 10.0. The van der Waals surface area contributed by atoms with Crippen LogP contribution in [0.2, 0.25) is 0 Å². The minimum atomic E-state index is 0.584. The molecule has 0 aliphatic rings. The topological polar surface area (TPSA) is 69.6 Å². The van der Waals surface area contributed by atoms with Crippen LogP contribution in [-0.2, 0) is 0 Å². The van der Waals surface area contributed by atoms with Gasteiger partial charge in [-0.1, -0.05) is 36.4 Å². The highest BCUT2D eigenvalue weighted by Gasteiger charge is 2.17. The van der Waals surface area contributed by atoms with Gasteiger partial charge in [-0.15, -0.1) is 0 Å². The Kier molecular flexibility index (Phi) is 6.03. The Labute approximate surface area is 264 Å². The molecule has 5 heterocycles. The second-order valence-corrected chi connectivity index (χ2v) is 11.2. The predicted octanol–water partition coefficient (Wildman–Crippen LogP) is 9.78. The van der Waals surface area contributed by atoms with E-state index in [1.54, 1.807) is 12.4 Å². The lowest BCUT2D eigenvalue weighted by Gasteiger charge is -2.14. The maximum atomic E-state index is 6.39. The Morgan fingerprint density at radius 2 is 1.20 bits per heavy atom. The van der Waals surface area contributed by atoms with Gasteiger partial charge in [0.2, 0.25) is 5.89 Å². The largest absolute Gasteiger partial charge is 0.436 e. The van der Waals surface area contributed by atoms with Crippen LogP contribution in [0.5, 0.6) is 0 Å². The van der Waals surface area contributed by atoms with Crippen molar-refractivity contribution in [3.8, 4) is 50.7 Å². The van der Waals surface area contributed by atoms with Crippen LogP contribution in [0.4, 0.5) is 0 Å². The fourth-order valence-electron chi connectivity index (χ4n) is 6.29. The van der Waals surface area contributed by atoms with E-state index in [0.29, 0.717) is 5.89 Å². The van der Waals surface area contributed by atoms with Crippen LogP contribution in [-0.4, -0.2) is 24.5 Å². The van der Waals surface area contributed by atoms with Crippen molar-refractivity contribution >= 4 is 32.9 Å². The molecule has 0 saturated carbocycles. The molecular weight excluding hydrogens is 566 g/mol. The van der Waals surface area contributed by atoms with E-state index in [9.17, 15) is 0 Å². The van der Waals surface area contributed by atoms with Gasteiger partial charge in [0, 0.05) is 58.6 Å². The standard InChI is InChI=1S/C40H25N5O/c1-2-7-37-33(5-1)34-10-8-29(40-44-36-11-9-28(25-39(36)46-40)26-12-17-41-18-13-26)24-38(34)45(37)32-22-30(27-14-19-42-20-15-27)21-31(23-32)35-6-3-4-16-43-35/h1-25H. The van der Waals surface area contributed by atoms with Crippen LogP contribution < -0.4 is 0 Å². The molecule has 46 heavy (non-hydrogen) atoms. The van der Waals surface area contributed by atoms with Crippen molar-refractivity contribution in [3.05, 3.63) is 152 Å². The summed E-state index contributed by atoms with van der Waals surface area (Å²) < 4.78 is 8.72. The highest BCUT2D eigenvalue weighted by Crippen LogP contribution is 2.38. The number of hydrogen-bond donors (Lipinski definition) is 0. The van der Waals surface area contributed by atoms with Gasteiger partial charge in [0.25, 0.3) is 0 Å². The average Bonchev–Trinajstić information content (AvgIpc) is 3.71. The molecule has 0 saturated heterocycles. The molecular formula is C40H25N5O. The molecule has 9 rings (SSSR count). The molecule has 0 bridgehead atoms. The predicted molar refractivity (Wildman–Crippen MR) is 183 cm³/mol. The minimum absolute atomic E-state index is 0.584. The first kappa shape index (κ1) is 26.0. The van der Waals surface area contributed by atoms with E-state index in [0.717, 1.165) is 72.3 Å². The summed E-state index contributed by atoms with van der Waals surface area (Å²) in [5.41, 5.74) is 12.0. The number of aromatic nitrogens is 5. The van der Waals surface area contributed by atoms with Gasteiger partial charge < -0.3 is 8.98 Å². The number of oxazole rings is 1. The van der Waals surface area contributed by atoms with Crippen LogP contribution >= 0.6 is 0 Å². The second kappa shape index (κ2) is 10.6. The Morgan fingerprint density at radius 3 is 2.00 bits per heavy atom. The van der Waals surface area contributed by atoms with Gasteiger partial charge in [-0.2, -0.15) is 0 Å². The summed E-state index contributed by atoms with van der Waals surface area (Å²) >= 11 is 0. The average molecular weight is 592 g/mol. The van der Waals surface area contributed by atoms with Crippen molar-refractivity contribution in [3.63, 3.8) is 0 Å². The van der Waals surface area contributed by atoms with E-state index >= 15 is 0 Å². The van der Waals surface area contributed by atoms with E-state index in [-0.39, 0.29) is 0 Å². The molecule has 216 valence electrons. The van der Waals surface area contributed by atoms with Crippen LogP contribution in [0, 0.1) is 0 Å². The highest BCUT2D eigenvalue weighted by molar-refractivity contribution is 6.10. The van der Waals surface area contributed by atoms with E-state index < -0.39 is 0 Å². The van der Waals surface area contributed by atoms with Crippen LogP contribution in [0.1, 0.15) is 0 Å². The summed E-state index contributed by atoms with van der Waals surface area (Å²) in [4.78, 5) is 18.0. The lowest BCUT2D eigenvalue weighted by Crippen LogP contribution is -1.96. The zero-order chi connectivity index (χ0) is 30.5. The summed E-state index contributed by atoms with van der Waals surface area (Å²) in [6.07, 6.45) is 9.09. The Balaban J connectivity index is 1.25. The minimum Gasteiger partial charge on any atom is -0.436 e. The van der Waals surface area contributed by atoms with E-state index in [1.807, 2.05) is 73.2 Å². The van der Waals surface area contributed by atoms with Gasteiger partial charge in [-0.05, 0) is 107 Å². The van der Waals surface area contributed by atoms with Crippen LogP contribution in [0.3, 0.4) is 0 Å². The molecule has 6 nitrogen and oxygen atoms in total. The Hall–Kier alpha value is -6.40. The first-order valence-corrected chi connectivity index (χ1v) is 15.1. The molecule has 0 radical (unpaired) electrons. The number of rotatable bonds is 5. The molecule has 0 fully saturated rings. The number of pyridine rings is 3. The SMILES string of the molecule is c1ccc(-c2cc(-c3ccncc3)cc(-n3c4ccccc4c4ccc(-c5nc6ccc(-c7ccncc7)cc6o5)cc43)c2)nc1. The second-order valence-electron chi connectivity index (χ2n) is 11.2. The van der Waals surface area contributed by atoms with Gasteiger partial charge >= 0.3 is 0 Å². The summed E-state index contributed by atoms with van der Waals surface area (Å²) in [5, 5.41) is 2.33. The molecule has 0 spiro atoms. The number of hydrogen-bond acceptors (Lipinski definition) is 5. The maximum absolute atomic E-state index is 6.39. The maximum Gasteiger partial charge on any atom is 0.227 e. The summed E-state index contributed by atoms with van der Waals surface area (Å²) in [6.45, 7) is 0. The van der Waals surface area contributed by atoms with E-state index in [2.05, 4.69) is 86.2 Å². The summed E-state index contributed by atoms with van der Waals surface area (Å²) in [6, 6.07) is 41.8. The molecule has 0 aliphatic heterocycles. The Morgan fingerprint density at radius 1 is 0.478 bits per heavy atom. The molecule has 0 amide bonds. The first-order chi connectivity index (χ1) is 22.8. The summed E-state index contributed by atoms with van der Waals surface area (Å²) in [7, 11) is 0. The van der Waals surface area contributed by atoms with Gasteiger partial charge in [-0.3, -0.25) is 15.0 Å². The number of nitrogens with zero attached hydrogens (tertiary/aromatic N) is 5. The number of fused-ring (bicyclic) bond motifs is 4. The zero-order valence-corrected chi connectivity index (χ0v) is 24.6. The number of para-hydroxylation sites is 1. The van der Waals surface area contributed by atoms with Crippen molar-refractivity contribution in [2.75, 3.05) is 0 Å². The third kappa shape index (κ3) is 4.43. The molecule has 9 aromatic rings. The quantitative estimate of drug-likeness (QED) is 0.199. The monoisotopic (exact) mass is 591 g/mol. The fraction of sp³-hybridized carbons (Fsp3) is 0. The van der Waals surface area contributed by atoms with Gasteiger partial charge in [0.05, 0.1) is 16.7 Å². The van der Waals surface area contributed by atoms with Crippen molar-refractivity contribution in [2.45, 2.75) is 0 Å². The molecule has 0 N–H and O–H groups in total. The summed E-state index contributed by atoms with van der Waals surface area (Å²) in [5.74, 6) is 0.584. The molecule has 4 aromatic carbocycles. The fourth-order valence-corrected chi connectivity index (χ4v) is 6.29. The van der Waals surface area contributed by atoms with Crippen LogP contribution in [0.25, 0.3) is 83.6 Å². The van der Waals surface area contributed by atoms with Crippen LogP contribution in [0.15, 0.2) is 157 Å². The molecule has 0 aliphatic carbocycles. The van der Waals surface area contributed by atoms with Gasteiger partial charge in [0.1, 0.15) is 5.52 Å². The van der Waals surface area contributed by atoms with Crippen molar-refractivity contribution < 1.29 is 4.42 Å². The Bertz CT molecular complexity index is 2460. The smallest absolute Gasteiger partial charge is 0.227 e.